The van der Waals surface area contributed by atoms with Gasteiger partial charge in [0.05, 0.1) is 36.8 Å². The third kappa shape index (κ3) is 5.06. The maximum atomic E-state index is 12.9. The number of hydrogen-bond acceptors (Lipinski definition) is 4. The van der Waals surface area contributed by atoms with Crippen molar-refractivity contribution in [1.29, 1.82) is 0 Å². The molecular weight excluding hydrogens is 336 g/mol. The molecular formula is C18H27N4O2S+. The van der Waals surface area contributed by atoms with E-state index in [4.69, 9.17) is 0 Å². The van der Waals surface area contributed by atoms with Crippen molar-refractivity contribution in [3.63, 3.8) is 0 Å². The number of carbonyl (C=O) groups is 1. The zero-order valence-electron chi connectivity index (χ0n) is 15.3. The van der Waals surface area contributed by atoms with Crippen LogP contribution in [0, 0.1) is 0 Å². The smallest absolute Gasteiger partial charge is 0.262 e. The second-order valence-electron chi connectivity index (χ2n) is 6.33. The molecule has 1 heterocycles. The molecule has 0 fully saturated rings. The van der Waals surface area contributed by atoms with Gasteiger partial charge in [-0.05, 0) is 26.0 Å². The normalized spacial score (nSPS) is 12.5. The SMILES string of the molecule is CCNC(=O)[C@@H](C)Sc1nc2ccccc2c(=O)n1CCC[NH+](C)C. The maximum absolute atomic E-state index is 12.9. The number of thioether (sulfide) groups is 1. The van der Waals surface area contributed by atoms with Crippen LogP contribution < -0.4 is 15.8 Å². The van der Waals surface area contributed by atoms with Gasteiger partial charge in [0.25, 0.3) is 5.56 Å². The number of amides is 1. The first-order valence-electron chi connectivity index (χ1n) is 8.67. The molecule has 0 aliphatic carbocycles. The molecule has 1 aromatic carbocycles. The van der Waals surface area contributed by atoms with Crippen molar-refractivity contribution in [1.82, 2.24) is 14.9 Å². The van der Waals surface area contributed by atoms with E-state index in [-0.39, 0.29) is 16.7 Å². The van der Waals surface area contributed by atoms with E-state index < -0.39 is 0 Å². The number of benzene rings is 1. The van der Waals surface area contributed by atoms with Crippen molar-refractivity contribution < 1.29 is 9.69 Å². The lowest BCUT2D eigenvalue weighted by Gasteiger charge is -2.16. The van der Waals surface area contributed by atoms with Gasteiger partial charge in [-0.15, -0.1) is 0 Å². The minimum Gasteiger partial charge on any atom is -0.355 e. The fraction of sp³-hybridized carbons (Fsp3) is 0.500. The maximum Gasteiger partial charge on any atom is 0.262 e. The van der Waals surface area contributed by atoms with Crippen molar-refractivity contribution >= 4 is 28.6 Å². The molecule has 0 spiro atoms. The van der Waals surface area contributed by atoms with Crippen LogP contribution in [0.4, 0.5) is 0 Å². The summed E-state index contributed by atoms with van der Waals surface area (Å²) in [5.41, 5.74) is 0.637. The van der Waals surface area contributed by atoms with Gasteiger partial charge in [0, 0.05) is 19.5 Å². The second-order valence-corrected chi connectivity index (χ2v) is 7.64. The average Bonchev–Trinajstić information content (AvgIpc) is 2.57. The van der Waals surface area contributed by atoms with E-state index in [2.05, 4.69) is 24.4 Å². The highest BCUT2D eigenvalue weighted by Gasteiger charge is 2.19. The van der Waals surface area contributed by atoms with Gasteiger partial charge >= 0.3 is 0 Å². The molecule has 2 rings (SSSR count). The Hall–Kier alpha value is -1.86. The highest BCUT2D eigenvalue weighted by molar-refractivity contribution is 8.00. The number of quaternary nitrogens is 1. The quantitative estimate of drug-likeness (QED) is 0.531. The van der Waals surface area contributed by atoms with Gasteiger partial charge in [-0.1, -0.05) is 23.9 Å². The fourth-order valence-electron chi connectivity index (χ4n) is 2.56. The lowest BCUT2D eigenvalue weighted by Crippen LogP contribution is -3.05. The van der Waals surface area contributed by atoms with Crippen molar-refractivity contribution in [2.45, 2.75) is 37.2 Å². The summed E-state index contributed by atoms with van der Waals surface area (Å²) in [6, 6.07) is 7.37. The summed E-state index contributed by atoms with van der Waals surface area (Å²) in [6.45, 7) is 5.89. The Kier molecular flexibility index (Phi) is 7.01. The van der Waals surface area contributed by atoms with Crippen LogP contribution >= 0.6 is 11.8 Å². The second kappa shape index (κ2) is 9.01. The molecule has 25 heavy (non-hydrogen) atoms. The van der Waals surface area contributed by atoms with E-state index in [1.165, 1.54) is 16.7 Å². The Labute approximate surface area is 152 Å². The first-order valence-corrected chi connectivity index (χ1v) is 9.55. The van der Waals surface area contributed by atoms with Crippen LogP contribution in [0.3, 0.4) is 0 Å². The largest absolute Gasteiger partial charge is 0.355 e. The van der Waals surface area contributed by atoms with Gasteiger partial charge in [0.15, 0.2) is 5.16 Å². The van der Waals surface area contributed by atoms with Crippen molar-refractivity contribution in [3.05, 3.63) is 34.6 Å². The Morgan fingerprint density at radius 2 is 2.08 bits per heavy atom. The summed E-state index contributed by atoms with van der Waals surface area (Å²) in [6.07, 6.45) is 0.880. The molecule has 1 aromatic heterocycles. The van der Waals surface area contributed by atoms with Crippen LogP contribution in [0.2, 0.25) is 0 Å². The molecule has 0 aliphatic heterocycles. The van der Waals surface area contributed by atoms with E-state index >= 15 is 0 Å². The van der Waals surface area contributed by atoms with Crippen molar-refractivity contribution in [2.24, 2.45) is 0 Å². The molecule has 1 atom stereocenters. The summed E-state index contributed by atoms with van der Waals surface area (Å²) in [5, 5.41) is 3.74. The molecule has 0 saturated heterocycles. The standard InChI is InChI=1S/C18H26N4O2S/c1-5-19-16(23)13(2)25-18-20-15-10-7-6-9-14(15)17(24)22(18)12-8-11-21(3)4/h6-7,9-10,13H,5,8,11-12H2,1-4H3,(H,19,23)/p+1/t13-/m1/s1. The van der Waals surface area contributed by atoms with Crippen LogP contribution in [-0.4, -0.2) is 47.9 Å². The number of aromatic nitrogens is 2. The average molecular weight is 364 g/mol. The molecule has 1 amide bonds. The summed E-state index contributed by atoms with van der Waals surface area (Å²) >= 11 is 1.34. The molecule has 6 nitrogen and oxygen atoms in total. The van der Waals surface area contributed by atoms with Gasteiger partial charge in [0.2, 0.25) is 5.91 Å². The van der Waals surface area contributed by atoms with Crippen LogP contribution in [0.25, 0.3) is 10.9 Å². The van der Waals surface area contributed by atoms with E-state index in [1.54, 1.807) is 10.6 Å². The number of nitrogens with zero attached hydrogens (tertiary/aromatic N) is 2. The molecule has 136 valence electrons. The molecule has 7 heteroatoms. The van der Waals surface area contributed by atoms with Gasteiger partial charge < -0.3 is 10.2 Å². The summed E-state index contributed by atoms with van der Waals surface area (Å²) < 4.78 is 1.71. The topological polar surface area (TPSA) is 68.4 Å². The van der Waals surface area contributed by atoms with Gasteiger partial charge in [-0.2, -0.15) is 0 Å². The fourth-order valence-corrected chi connectivity index (χ4v) is 3.51. The lowest BCUT2D eigenvalue weighted by molar-refractivity contribution is -0.858. The predicted octanol–water partition coefficient (Wildman–Crippen LogP) is 0.548. The molecule has 0 unspecified atom stereocenters. The van der Waals surface area contributed by atoms with Crippen LogP contribution in [0.1, 0.15) is 20.3 Å². The Bertz CT molecular complexity index is 788. The third-order valence-electron chi connectivity index (χ3n) is 3.89. The molecule has 2 N–H and O–H groups in total. The first-order chi connectivity index (χ1) is 11.9. The molecule has 0 aliphatic rings. The molecule has 0 bridgehead atoms. The Morgan fingerprint density at radius 1 is 1.36 bits per heavy atom. The van der Waals surface area contributed by atoms with E-state index in [1.807, 2.05) is 32.0 Å². The minimum atomic E-state index is -0.307. The third-order valence-corrected chi connectivity index (χ3v) is 4.98. The number of fused-ring (bicyclic) bond motifs is 1. The van der Waals surface area contributed by atoms with Gasteiger partial charge in [-0.3, -0.25) is 14.2 Å². The van der Waals surface area contributed by atoms with E-state index in [0.717, 1.165) is 13.0 Å². The summed E-state index contributed by atoms with van der Waals surface area (Å²) in [7, 11) is 4.18. The Morgan fingerprint density at radius 3 is 2.76 bits per heavy atom. The van der Waals surface area contributed by atoms with Crippen LogP contribution in [0.15, 0.2) is 34.2 Å². The van der Waals surface area contributed by atoms with Gasteiger partial charge in [-0.25, -0.2) is 4.98 Å². The zero-order valence-corrected chi connectivity index (χ0v) is 16.2. The van der Waals surface area contributed by atoms with Crippen LogP contribution in [0.5, 0.6) is 0 Å². The number of para-hydroxylation sites is 1. The highest BCUT2D eigenvalue weighted by atomic mass is 32.2. The number of hydrogen-bond donors (Lipinski definition) is 2. The van der Waals surface area contributed by atoms with Crippen LogP contribution in [-0.2, 0) is 11.3 Å². The van der Waals surface area contributed by atoms with Gasteiger partial charge in [0.1, 0.15) is 0 Å². The van der Waals surface area contributed by atoms with E-state index in [9.17, 15) is 9.59 Å². The number of nitrogens with one attached hydrogen (secondary N) is 2. The highest BCUT2D eigenvalue weighted by Crippen LogP contribution is 2.22. The number of carbonyl (C=O) groups excluding carboxylic acids is 1. The summed E-state index contributed by atoms with van der Waals surface area (Å²) in [5.74, 6) is -0.0424. The molecule has 0 radical (unpaired) electrons. The van der Waals surface area contributed by atoms with Crippen molar-refractivity contribution in [2.75, 3.05) is 27.2 Å². The monoisotopic (exact) mass is 363 g/mol. The molecule has 0 saturated carbocycles. The lowest BCUT2D eigenvalue weighted by atomic mass is 10.2. The Balaban J connectivity index is 2.37. The minimum absolute atomic E-state index is 0.0371. The predicted molar refractivity (Wildman–Crippen MR) is 102 cm³/mol. The zero-order chi connectivity index (χ0) is 18.4. The van der Waals surface area contributed by atoms with Crippen molar-refractivity contribution in [3.8, 4) is 0 Å². The number of rotatable bonds is 8. The first kappa shape index (κ1) is 19.5. The molecule has 2 aromatic rings. The van der Waals surface area contributed by atoms with E-state index in [0.29, 0.717) is 29.1 Å². The summed E-state index contributed by atoms with van der Waals surface area (Å²) in [4.78, 5) is 31.0.